The van der Waals surface area contributed by atoms with E-state index in [0.717, 1.165) is 24.3 Å². The van der Waals surface area contributed by atoms with Gasteiger partial charge in [0, 0.05) is 0 Å². The van der Waals surface area contributed by atoms with Gasteiger partial charge in [0.1, 0.15) is 5.54 Å². The van der Waals surface area contributed by atoms with E-state index in [0.29, 0.717) is 24.3 Å². The van der Waals surface area contributed by atoms with E-state index in [2.05, 4.69) is 10.7 Å². The summed E-state index contributed by atoms with van der Waals surface area (Å²) in [6, 6.07) is 6.30. The third-order valence-electron chi connectivity index (χ3n) is 4.53. The first-order valence-electron chi connectivity index (χ1n) is 8.28. The summed E-state index contributed by atoms with van der Waals surface area (Å²) >= 11 is 0. The summed E-state index contributed by atoms with van der Waals surface area (Å²) in [7, 11) is 1.50. The molecular formula is C17H21N3O5. The van der Waals surface area contributed by atoms with Gasteiger partial charge in [-0.1, -0.05) is 31.4 Å². The second kappa shape index (κ2) is 7.00. The monoisotopic (exact) mass is 347 g/mol. The maximum atomic E-state index is 12.6. The number of para-hydroxylation sites is 2. The van der Waals surface area contributed by atoms with Gasteiger partial charge in [0.15, 0.2) is 18.1 Å². The molecule has 2 aliphatic rings. The van der Waals surface area contributed by atoms with Gasteiger partial charge in [-0.15, -0.1) is 0 Å². The number of hydrogen-bond donors (Lipinski definition) is 2. The summed E-state index contributed by atoms with van der Waals surface area (Å²) in [4.78, 5) is 36.7. The molecule has 0 aromatic heterocycles. The number of methoxy groups -OCH3 is 1. The number of rotatable bonds is 5. The number of hydrogen-bond acceptors (Lipinski definition) is 5. The predicted molar refractivity (Wildman–Crippen MR) is 87.8 cm³/mol. The Bertz CT molecular complexity index is 685. The Morgan fingerprint density at radius 1 is 1.20 bits per heavy atom. The van der Waals surface area contributed by atoms with Crippen molar-refractivity contribution in [3.05, 3.63) is 24.3 Å². The number of benzene rings is 1. The molecule has 0 radical (unpaired) electrons. The van der Waals surface area contributed by atoms with Gasteiger partial charge in [0.25, 0.3) is 11.8 Å². The molecule has 1 aromatic rings. The number of amides is 4. The first-order chi connectivity index (χ1) is 12.1. The fraction of sp³-hybridized carbons (Fsp3) is 0.471. The van der Waals surface area contributed by atoms with Crippen molar-refractivity contribution in [1.82, 2.24) is 15.8 Å². The lowest BCUT2D eigenvalue weighted by atomic mass is 9.82. The minimum atomic E-state index is -0.869. The van der Waals surface area contributed by atoms with E-state index in [4.69, 9.17) is 9.47 Å². The molecule has 1 aliphatic carbocycles. The highest BCUT2D eigenvalue weighted by Gasteiger charge is 2.52. The van der Waals surface area contributed by atoms with Gasteiger partial charge in [-0.05, 0) is 25.0 Å². The van der Waals surface area contributed by atoms with Gasteiger partial charge >= 0.3 is 6.03 Å². The normalized spacial score (nSPS) is 18.8. The van der Waals surface area contributed by atoms with Gasteiger partial charge in [-0.3, -0.25) is 15.0 Å². The Balaban J connectivity index is 1.59. The molecule has 1 spiro atoms. The van der Waals surface area contributed by atoms with Crippen molar-refractivity contribution in [1.29, 1.82) is 0 Å². The van der Waals surface area contributed by atoms with Gasteiger partial charge in [-0.2, -0.15) is 5.01 Å². The molecule has 2 fully saturated rings. The van der Waals surface area contributed by atoms with E-state index < -0.39 is 23.4 Å². The zero-order valence-electron chi connectivity index (χ0n) is 14.0. The van der Waals surface area contributed by atoms with Crippen molar-refractivity contribution in [2.45, 2.75) is 37.6 Å². The van der Waals surface area contributed by atoms with Crippen LogP contribution in [0, 0.1) is 0 Å². The topological polar surface area (TPSA) is 97.0 Å². The van der Waals surface area contributed by atoms with E-state index >= 15 is 0 Å². The maximum Gasteiger partial charge on any atom is 0.344 e. The fourth-order valence-corrected chi connectivity index (χ4v) is 3.25. The smallest absolute Gasteiger partial charge is 0.344 e. The zero-order valence-corrected chi connectivity index (χ0v) is 14.0. The quantitative estimate of drug-likeness (QED) is 0.784. The first kappa shape index (κ1) is 17.1. The van der Waals surface area contributed by atoms with Crippen LogP contribution in [0.2, 0.25) is 0 Å². The molecule has 1 saturated heterocycles. The lowest BCUT2D eigenvalue weighted by Gasteiger charge is -2.30. The lowest BCUT2D eigenvalue weighted by molar-refractivity contribution is -0.140. The first-order valence-corrected chi connectivity index (χ1v) is 8.28. The number of ether oxygens (including phenoxy) is 2. The minimum absolute atomic E-state index is 0.343. The van der Waals surface area contributed by atoms with Crippen LogP contribution in [0.1, 0.15) is 32.1 Å². The molecule has 4 amide bonds. The summed E-state index contributed by atoms with van der Waals surface area (Å²) in [5.41, 5.74) is 1.46. The van der Waals surface area contributed by atoms with E-state index in [-0.39, 0.29) is 6.61 Å². The molecule has 1 heterocycles. The van der Waals surface area contributed by atoms with Crippen molar-refractivity contribution in [2.24, 2.45) is 0 Å². The van der Waals surface area contributed by atoms with E-state index in [1.807, 2.05) is 0 Å². The molecule has 2 N–H and O–H groups in total. The van der Waals surface area contributed by atoms with E-state index in [1.54, 1.807) is 24.3 Å². The van der Waals surface area contributed by atoms with Crippen LogP contribution in [0.3, 0.4) is 0 Å². The molecule has 1 aromatic carbocycles. The number of nitrogens with one attached hydrogen (secondary N) is 2. The maximum absolute atomic E-state index is 12.6. The second-order valence-corrected chi connectivity index (χ2v) is 6.19. The van der Waals surface area contributed by atoms with Crippen molar-refractivity contribution >= 4 is 17.8 Å². The fourth-order valence-electron chi connectivity index (χ4n) is 3.25. The molecular weight excluding hydrogens is 326 g/mol. The number of carbonyl (C=O) groups excluding carboxylic acids is 3. The largest absolute Gasteiger partial charge is 0.493 e. The highest BCUT2D eigenvalue weighted by molar-refractivity contribution is 6.08. The van der Waals surface area contributed by atoms with Gasteiger partial charge in [-0.25, -0.2) is 4.79 Å². The van der Waals surface area contributed by atoms with Crippen molar-refractivity contribution in [2.75, 3.05) is 13.7 Å². The van der Waals surface area contributed by atoms with Gasteiger partial charge < -0.3 is 14.8 Å². The lowest BCUT2D eigenvalue weighted by Crippen LogP contribution is -2.51. The molecule has 3 rings (SSSR count). The number of hydrazine groups is 1. The Labute approximate surface area is 145 Å². The Morgan fingerprint density at radius 2 is 1.88 bits per heavy atom. The predicted octanol–water partition coefficient (Wildman–Crippen LogP) is 1.36. The van der Waals surface area contributed by atoms with Crippen LogP contribution in [-0.2, 0) is 9.59 Å². The molecule has 0 bridgehead atoms. The molecule has 0 atom stereocenters. The number of nitrogens with zero attached hydrogens (tertiary/aromatic N) is 1. The van der Waals surface area contributed by atoms with Crippen LogP contribution in [0.15, 0.2) is 24.3 Å². The molecule has 0 unspecified atom stereocenters. The van der Waals surface area contributed by atoms with Crippen LogP contribution >= 0.6 is 0 Å². The molecule has 25 heavy (non-hydrogen) atoms. The molecule has 8 heteroatoms. The molecule has 8 nitrogen and oxygen atoms in total. The second-order valence-electron chi connectivity index (χ2n) is 6.19. The Kier molecular flexibility index (Phi) is 4.78. The standard InChI is InChI=1S/C17H21N3O5/c1-24-12-7-3-4-8-13(12)25-11-14(21)19-20-15(22)17(18-16(20)23)9-5-2-6-10-17/h3-4,7-8H,2,5-6,9-11H2,1H3,(H,18,23)(H,19,21). The molecule has 1 saturated carbocycles. The average molecular weight is 347 g/mol. The van der Waals surface area contributed by atoms with E-state index in [1.165, 1.54) is 7.11 Å². The summed E-state index contributed by atoms with van der Waals surface area (Å²) in [6.07, 6.45) is 4.00. The highest BCUT2D eigenvalue weighted by Crippen LogP contribution is 2.33. The third-order valence-corrected chi connectivity index (χ3v) is 4.53. The number of imide groups is 1. The van der Waals surface area contributed by atoms with Crippen LogP contribution in [0.4, 0.5) is 4.79 Å². The third kappa shape index (κ3) is 3.38. The summed E-state index contributed by atoms with van der Waals surface area (Å²) in [6.45, 7) is -0.343. The van der Waals surface area contributed by atoms with Gasteiger partial charge in [0.2, 0.25) is 0 Å². The van der Waals surface area contributed by atoms with Crippen LogP contribution in [-0.4, -0.2) is 42.1 Å². The summed E-state index contributed by atoms with van der Waals surface area (Å²) in [5.74, 6) is -0.0994. The summed E-state index contributed by atoms with van der Waals surface area (Å²) in [5, 5.41) is 3.49. The minimum Gasteiger partial charge on any atom is -0.493 e. The van der Waals surface area contributed by atoms with Crippen LogP contribution in [0.25, 0.3) is 0 Å². The highest BCUT2D eigenvalue weighted by atomic mass is 16.5. The Morgan fingerprint density at radius 3 is 2.56 bits per heavy atom. The zero-order chi connectivity index (χ0) is 17.9. The Hall–Kier alpha value is -2.77. The number of carbonyl (C=O) groups is 3. The van der Waals surface area contributed by atoms with Crippen molar-refractivity contribution in [3.8, 4) is 11.5 Å². The number of urea groups is 1. The van der Waals surface area contributed by atoms with Crippen molar-refractivity contribution in [3.63, 3.8) is 0 Å². The molecule has 1 aliphatic heterocycles. The van der Waals surface area contributed by atoms with E-state index in [9.17, 15) is 14.4 Å². The van der Waals surface area contributed by atoms with Crippen LogP contribution < -0.4 is 20.2 Å². The summed E-state index contributed by atoms with van der Waals surface area (Å²) < 4.78 is 10.5. The SMILES string of the molecule is COc1ccccc1OCC(=O)NN1C(=O)NC2(CCCCC2)C1=O. The average Bonchev–Trinajstić information content (AvgIpc) is 2.85. The molecule has 134 valence electrons. The van der Waals surface area contributed by atoms with Crippen LogP contribution in [0.5, 0.6) is 11.5 Å². The van der Waals surface area contributed by atoms with Crippen molar-refractivity contribution < 1.29 is 23.9 Å². The van der Waals surface area contributed by atoms with Gasteiger partial charge in [0.05, 0.1) is 7.11 Å².